The number of aromatic hydroxyl groups is 1. The van der Waals surface area contributed by atoms with Crippen molar-refractivity contribution >= 4 is 15.9 Å². The normalized spacial score (nSPS) is 13.4. The standard InChI is InChI=1S/C28H34N2O5S/c1-18(2)26-17-23(11-14-25(26)28(33)30-36(4,34)35)21-7-5-20(6-8-21)15-16-29-19(3)27(32)22-9-12-24(31)13-10-22/h5-14,17-19,27,29,31-32H,15-16H2,1-4H3,(H,30,33)/t19-,27-/m0/s1. The maximum Gasteiger partial charge on any atom is 0.265 e. The van der Waals surface area contributed by atoms with Crippen LogP contribution in [0.4, 0.5) is 0 Å². The van der Waals surface area contributed by atoms with Gasteiger partial charge in [0.2, 0.25) is 10.0 Å². The summed E-state index contributed by atoms with van der Waals surface area (Å²) >= 11 is 0. The molecule has 0 saturated heterocycles. The minimum atomic E-state index is -3.64. The Bertz CT molecular complexity index is 1290. The molecule has 0 spiro atoms. The van der Waals surface area contributed by atoms with Gasteiger partial charge in [0.15, 0.2) is 0 Å². The van der Waals surface area contributed by atoms with Gasteiger partial charge >= 0.3 is 0 Å². The van der Waals surface area contributed by atoms with Crippen molar-refractivity contribution in [1.82, 2.24) is 10.0 Å². The molecule has 0 radical (unpaired) electrons. The number of carbonyl (C=O) groups is 1. The van der Waals surface area contributed by atoms with Crippen LogP contribution in [0.2, 0.25) is 0 Å². The van der Waals surface area contributed by atoms with Crippen LogP contribution in [0.15, 0.2) is 66.7 Å². The summed E-state index contributed by atoms with van der Waals surface area (Å²) in [5, 5.41) is 23.3. The van der Waals surface area contributed by atoms with Crippen LogP contribution in [-0.4, -0.2) is 43.4 Å². The fraction of sp³-hybridized carbons (Fsp3) is 0.321. The molecule has 3 rings (SSSR count). The number of rotatable bonds is 10. The minimum absolute atomic E-state index is 0.0366. The predicted octanol–water partition coefficient (Wildman–Crippen LogP) is 4.13. The summed E-state index contributed by atoms with van der Waals surface area (Å²) in [6, 6.07) is 20.0. The number of benzene rings is 3. The molecule has 192 valence electrons. The average molecular weight is 511 g/mol. The summed E-state index contributed by atoms with van der Waals surface area (Å²) in [6.07, 6.45) is 1.07. The Morgan fingerprint density at radius 3 is 2.11 bits per heavy atom. The third-order valence-corrected chi connectivity index (χ3v) is 6.63. The molecule has 0 aliphatic carbocycles. The molecule has 0 aliphatic heterocycles. The van der Waals surface area contributed by atoms with Crippen molar-refractivity contribution < 1.29 is 23.4 Å². The molecule has 0 aliphatic rings. The monoisotopic (exact) mass is 510 g/mol. The molecule has 4 N–H and O–H groups in total. The minimum Gasteiger partial charge on any atom is -0.508 e. The Morgan fingerprint density at radius 2 is 1.53 bits per heavy atom. The maximum atomic E-state index is 12.4. The third-order valence-electron chi connectivity index (χ3n) is 6.07. The number of aliphatic hydroxyl groups excluding tert-OH is 1. The van der Waals surface area contributed by atoms with Crippen LogP contribution in [-0.2, 0) is 16.4 Å². The van der Waals surface area contributed by atoms with Gasteiger partial charge < -0.3 is 15.5 Å². The first-order chi connectivity index (χ1) is 16.9. The highest BCUT2D eigenvalue weighted by Gasteiger charge is 2.18. The van der Waals surface area contributed by atoms with E-state index in [0.29, 0.717) is 12.1 Å². The quantitative estimate of drug-likeness (QED) is 0.326. The van der Waals surface area contributed by atoms with E-state index in [9.17, 15) is 23.4 Å². The van der Waals surface area contributed by atoms with Gasteiger partial charge in [-0.25, -0.2) is 13.1 Å². The van der Waals surface area contributed by atoms with Gasteiger partial charge in [-0.3, -0.25) is 4.79 Å². The molecular formula is C28H34N2O5S. The SMILES string of the molecule is CC(C)c1cc(-c2ccc(CCN[C@@H](C)[C@H](O)c3ccc(O)cc3)cc2)ccc1C(=O)NS(C)(=O)=O. The lowest BCUT2D eigenvalue weighted by Gasteiger charge is -2.21. The molecule has 0 fully saturated rings. The first-order valence-electron chi connectivity index (χ1n) is 11.9. The van der Waals surface area contributed by atoms with Crippen molar-refractivity contribution in [2.24, 2.45) is 0 Å². The second kappa shape index (κ2) is 11.7. The molecule has 8 heteroatoms. The number of phenols is 1. The molecule has 3 aromatic carbocycles. The highest BCUT2D eigenvalue weighted by Crippen LogP contribution is 2.28. The molecule has 7 nitrogen and oxygen atoms in total. The molecule has 0 bridgehead atoms. The fourth-order valence-electron chi connectivity index (χ4n) is 4.03. The van der Waals surface area contributed by atoms with Crippen molar-refractivity contribution in [2.75, 3.05) is 12.8 Å². The van der Waals surface area contributed by atoms with E-state index in [2.05, 4.69) is 17.4 Å². The van der Waals surface area contributed by atoms with E-state index in [0.717, 1.165) is 40.5 Å². The van der Waals surface area contributed by atoms with Crippen molar-refractivity contribution in [3.63, 3.8) is 0 Å². The van der Waals surface area contributed by atoms with Crippen LogP contribution in [0.5, 0.6) is 5.75 Å². The zero-order valence-corrected chi connectivity index (χ0v) is 21.8. The van der Waals surface area contributed by atoms with E-state index >= 15 is 0 Å². The Morgan fingerprint density at radius 1 is 0.917 bits per heavy atom. The van der Waals surface area contributed by atoms with Crippen molar-refractivity contribution in [2.45, 2.75) is 45.3 Å². The highest BCUT2D eigenvalue weighted by molar-refractivity contribution is 7.89. The predicted molar refractivity (Wildman–Crippen MR) is 143 cm³/mol. The second-order valence-electron chi connectivity index (χ2n) is 9.39. The summed E-state index contributed by atoms with van der Waals surface area (Å²) < 4.78 is 25.0. The summed E-state index contributed by atoms with van der Waals surface area (Å²) in [5.74, 6) is -0.418. The second-order valence-corrected chi connectivity index (χ2v) is 11.1. The van der Waals surface area contributed by atoms with E-state index in [1.807, 2.05) is 49.8 Å². The molecule has 0 unspecified atom stereocenters. The number of hydrogen-bond donors (Lipinski definition) is 4. The Kier molecular flexibility index (Phi) is 8.89. The zero-order valence-electron chi connectivity index (χ0n) is 21.0. The molecule has 2 atom stereocenters. The first kappa shape index (κ1) is 27.4. The van der Waals surface area contributed by atoms with Gasteiger partial charge in [0.1, 0.15) is 5.75 Å². The van der Waals surface area contributed by atoms with Crippen molar-refractivity contribution in [3.8, 4) is 16.9 Å². The third kappa shape index (κ3) is 7.40. The summed E-state index contributed by atoms with van der Waals surface area (Å²) in [6.45, 7) is 6.54. The van der Waals surface area contributed by atoms with Gasteiger partial charge in [0, 0.05) is 11.6 Å². The van der Waals surface area contributed by atoms with Crippen LogP contribution in [0, 0.1) is 0 Å². The number of aliphatic hydroxyl groups is 1. The number of hydrogen-bond acceptors (Lipinski definition) is 6. The van der Waals surface area contributed by atoms with Crippen LogP contribution in [0.1, 0.15) is 59.8 Å². The van der Waals surface area contributed by atoms with Gasteiger partial charge in [-0.1, -0.05) is 62.4 Å². The lowest BCUT2D eigenvalue weighted by Crippen LogP contribution is -2.33. The highest BCUT2D eigenvalue weighted by atomic mass is 32.2. The Hall–Kier alpha value is -3.20. The molecule has 0 saturated carbocycles. The average Bonchev–Trinajstić information content (AvgIpc) is 2.83. The van der Waals surface area contributed by atoms with Crippen LogP contribution in [0.25, 0.3) is 11.1 Å². The summed E-state index contributed by atoms with van der Waals surface area (Å²) in [7, 11) is -3.64. The number of nitrogens with one attached hydrogen (secondary N) is 2. The van der Waals surface area contributed by atoms with Gasteiger partial charge in [-0.15, -0.1) is 0 Å². The van der Waals surface area contributed by atoms with Gasteiger partial charge in [-0.2, -0.15) is 0 Å². The van der Waals surface area contributed by atoms with E-state index in [4.69, 9.17) is 0 Å². The maximum absolute atomic E-state index is 12.4. The fourth-order valence-corrected chi connectivity index (χ4v) is 4.48. The van der Waals surface area contributed by atoms with Gasteiger partial charge in [0.25, 0.3) is 5.91 Å². The van der Waals surface area contributed by atoms with E-state index in [-0.39, 0.29) is 17.7 Å². The Balaban J connectivity index is 1.64. The van der Waals surface area contributed by atoms with Gasteiger partial charge in [0.05, 0.1) is 12.4 Å². The lowest BCUT2D eigenvalue weighted by atomic mass is 9.92. The zero-order chi connectivity index (χ0) is 26.5. The number of amides is 1. The molecule has 0 aromatic heterocycles. The molecule has 1 amide bonds. The van der Waals surface area contributed by atoms with Crippen molar-refractivity contribution in [3.05, 3.63) is 89.0 Å². The smallest absolute Gasteiger partial charge is 0.265 e. The lowest BCUT2D eigenvalue weighted by molar-refractivity contribution is 0.0980. The Labute approximate surface area is 213 Å². The van der Waals surface area contributed by atoms with Crippen LogP contribution in [0.3, 0.4) is 0 Å². The number of carbonyl (C=O) groups excluding carboxylic acids is 1. The van der Waals surface area contributed by atoms with Crippen molar-refractivity contribution in [1.29, 1.82) is 0 Å². The number of phenolic OH excluding ortho intramolecular Hbond substituents is 1. The summed E-state index contributed by atoms with van der Waals surface area (Å²) in [4.78, 5) is 12.4. The summed E-state index contributed by atoms with van der Waals surface area (Å²) in [5.41, 5.74) is 4.97. The largest absolute Gasteiger partial charge is 0.508 e. The van der Waals surface area contributed by atoms with E-state index in [1.165, 1.54) is 0 Å². The van der Waals surface area contributed by atoms with Gasteiger partial charge in [-0.05, 0) is 71.8 Å². The molecule has 0 heterocycles. The molecule has 3 aromatic rings. The van der Waals surface area contributed by atoms with Crippen LogP contribution < -0.4 is 10.0 Å². The van der Waals surface area contributed by atoms with E-state index < -0.39 is 22.0 Å². The number of sulfonamides is 1. The van der Waals surface area contributed by atoms with E-state index in [1.54, 1.807) is 30.3 Å². The molecular weight excluding hydrogens is 476 g/mol. The topological polar surface area (TPSA) is 116 Å². The first-order valence-corrected chi connectivity index (χ1v) is 13.8. The van der Waals surface area contributed by atoms with Crippen LogP contribution >= 0.6 is 0 Å². The molecule has 36 heavy (non-hydrogen) atoms.